The van der Waals surface area contributed by atoms with E-state index in [-0.39, 0.29) is 5.91 Å². The van der Waals surface area contributed by atoms with Crippen molar-refractivity contribution in [2.75, 3.05) is 5.32 Å². The normalized spacial score (nSPS) is 10.4. The lowest BCUT2D eigenvalue weighted by Crippen LogP contribution is -2.18. The van der Waals surface area contributed by atoms with Gasteiger partial charge in [-0.3, -0.25) is 10.1 Å². The van der Waals surface area contributed by atoms with Gasteiger partial charge < -0.3 is 9.13 Å². The molecule has 2 aromatic rings. The number of carbonyl (C=O) groups excluding carboxylic acids is 1. The quantitative estimate of drug-likeness (QED) is 0.809. The summed E-state index contributed by atoms with van der Waals surface area (Å²) in [6.45, 7) is 1.94. The number of nitrogens with one attached hydrogen (secondary N) is 1. The maximum Gasteiger partial charge on any atom is 0.274 e. The van der Waals surface area contributed by atoms with E-state index in [1.165, 1.54) is 6.33 Å². The molecule has 0 aliphatic rings. The second kappa shape index (κ2) is 3.80. The van der Waals surface area contributed by atoms with Crippen LogP contribution in [0.15, 0.2) is 18.5 Å². The van der Waals surface area contributed by atoms with Crippen LogP contribution < -0.4 is 5.32 Å². The summed E-state index contributed by atoms with van der Waals surface area (Å²) in [6.07, 6.45) is 1.53. The van der Waals surface area contributed by atoms with Gasteiger partial charge in [0.05, 0.1) is 0 Å². The Labute approximate surface area is 92.9 Å². The number of carbonyl (C=O) groups is 1. The lowest BCUT2D eigenvalue weighted by Gasteiger charge is -2.05. The van der Waals surface area contributed by atoms with Gasteiger partial charge in [-0.15, -0.1) is 10.2 Å². The molecule has 2 heterocycles. The first-order chi connectivity index (χ1) is 7.59. The van der Waals surface area contributed by atoms with Gasteiger partial charge in [-0.05, 0) is 19.1 Å². The van der Waals surface area contributed by atoms with Gasteiger partial charge in [-0.2, -0.15) is 0 Å². The molecule has 0 radical (unpaired) electrons. The Morgan fingerprint density at radius 2 is 2.12 bits per heavy atom. The number of aryl methyl sites for hydroxylation is 2. The van der Waals surface area contributed by atoms with Crippen LogP contribution in [0.1, 0.15) is 16.2 Å². The van der Waals surface area contributed by atoms with Crippen molar-refractivity contribution in [2.24, 2.45) is 14.1 Å². The SMILES string of the molecule is Cc1ccc(C(=O)Nc2nncn2C)n1C. The molecular weight excluding hydrogens is 206 g/mol. The second-order valence-corrected chi connectivity index (χ2v) is 3.64. The van der Waals surface area contributed by atoms with Crippen LogP contribution >= 0.6 is 0 Å². The van der Waals surface area contributed by atoms with Crippen molar-refractivity contribution in [1.29, 1.82) is 0 Å². The van der Waals surface area contributed by atoms with Gasteiger partial charge in [-0.1, -0.05) is 0 Å². The zero-order chi connectivity index (χ0) is 11.7. The number of amides is 1. The number of hydrogen-bond donors (Lipinski definition) is 1. The minimum absolute atomic E-state index is 0.188. The van der Waals surface area contributed by atoms with Gasteiger partial charge in [0, 0.05) is 19.8 Å². The molecule has 0 fully saturated rings. The Morgan fingerprint density at radius 3 is 2.62 bits per heavy atom. The van der Waals surface area contributed by atoms with Gasteiger partial charge >= 0.3 is 0 Å². The summed E-state index contributed by atoms with van der Waals surface area (Å²) < 4.78 is 3.47. The van der Waals surface area contributed by atoms with Gasteiger partial charge in [0.1, 0.15) is 12.0 Å². The predicted molar refractivity (Wildman–Crippen MR) is 59.1 cm³/mol. The summed E-state index contributed by atoms with van der Waals surface area (Å²) >= 11 is 0. The van der Waals surface area contributed by atoms with E-state index >= 15 is 0 Å². The first-order valence-corrected chi connectivity index (χ1v) is 4.87. The molecule has 6 nitrogen and oxygen atoms in total. The Morgan fingerprint density at radius 1 is 1.38 bits per heavy atom. The largest absolute Gasteiger partial charge is 0.344 e. The minimum atomic E-state index is -0.188. The molecule has 16 heavy (non-hydrogen) atoms. The molecule has 0 aromatic carbocycles. The lowest BCUT2D eigenvalue weighted by atomic mass is 10.4. The molecule has 2 rings (SSSR count). The average Bonchev–Trinajstić information content (AvgIpc) is 2.77. The van der Waals surface area contributed by atoms with Gasteiger partial charge in [-0.25, -0.2) is 0 Å². The zero-order valence-corrected chi connectivity index (χ0v) is 9.43. The van der Waals surface area contributed by atoms with Crippen molar-refractivity contribution < 1.29 is 4.79 Å². The van der Waals surface area contributed by atoms with Crippen molar-refractivity contribution in [3.63, 3.8) is 0 Å². The maximum atomic E-state index is 11.9. The number of nitrogens with zero attached hydrogens (tertiary/aromatic N) is 4. The predicted octanol–water partition coefficient (Wildman–Crippen LogP) is 0.714. The Bertz CT molecular complexity index is 525. The minimum Gasteiger partial charge on any atom is -0.344 e. The Balaban J connectivity index is 2.21. The van der Waals surface area contributed by atoms with Crippen molar-refractivity contribution >= 4 is 11.9 Å². The van der Waals surface area contributed by atoms with E-state index in [1.54, 1.807) is 17.7 Å². The molecule has 0 saturated carbocycles. The number of rotatable bonds is 2. The molecular formula is C10H13N5O. The van der Waals surface area contributed by atoms with Crippen molar-refractivity contribution in [3.05, 3.63) is 29.8 Å². The average molecular weight is 219 g/mol. The van der Waals surface area contributed by atoms with Gasteiger partial charge in [0.25, 0.3) is 5.91 Å². The Hall–Kier alpha value is -2.11. The third kappa shape index (κ3) is 1.69. The monoisotopic (exact) mass is 219 g/mol. The van der Waals surface area contributed by atoms with E-state index in [2.05, 4.69) is 15.5 Å². The third-order valence-corrected chi connectivity index (χ3v) is 2.54. The molecule has 0 atom stereocenters. The highest BCUT2D eigenvalue weighted by molar-refractivity contribution is 6.02. The summed E-state index contributed by atoms with van der Waals surface area (Å²) in [5, 5.41) is 10.2. The Kier molecular flexibility index (Phi) is 2.47. The smallest absolute Gasteiger partial charge is 0.274 e. The molecule has 1 N–H and O–H groups in total. The van der Waals surface area contributed by atoms with Crippen LogP contribution in [0.3, 0.4) is 0 Å². The fourth-order valence-electron chi connectivity index (χ4n) is 1.40. The summed E-state index contributed by atoms with van der Waals surface area (Å²) in [7, 11) is 3.62. The molecule has 2 aromatic heterocycles. The van der Waals surface area contributed by atoms with E-state index in [0.717, 1.165) is 5.69 Å². The number of aromatic nitrogens is 4. The molecule has 1 amide bonds. The second-order valence-electron chi connectivity index (χ2n) is 3.64. The molecule has 0 unspecified atom stereocenters. The fraction of sp³-hybridized carbons (Fsp3) is 0.300. The van der Waals surface area contributed by atoms with Crippen molar-refractivity contribution in [2.45, 2.75) is 6.92 Å². The first-order valence-electron chi connectivity index (χ1n) is 4.87. The van der Waals surface area contributed by atoms with Crippen LogP contribution in [0.25, 0.3) is 0 Å². The van der Waals surface area contributed by atoms with E-state index in [4.69, 9.17) is 0 Å². The lowest BCUT2D eigenvalue weighted by molar-refractivity contribution is 0.101. The topological polar surface area (TPSA) is 64.7 Å². The summed E-state index contributed by atoms with van der Waals surface area (Å²) in [6, 6.07) is 3.67. The highest BCUT2D eigenvalue weighted by Gasteiger charge is 2.12. The van der Waals surface area contributed by atoms with Crippen LogP contribution in [-0.4, -0.2) is 25.2 Å². The van der Waals surface area contributed by atoms with Gasteiger partial charge in [0.15, 0.2) is 0 Å². The van der Waals surface area contributed by atoms with Crippen molar-refractivity contribution in [3.8, 4) is 0 Å². The first kappa shape index (κ1) is 10.4. The third-order valence-electron chi connectivity index (χ3n) is 2.54. The highest BCUT2D eigenvalue weighted by atomic mass is 16.2. The van der Waals surface area contributed by atoms with Crippen LogP contribution in [0.5, 0.6) is 0 Å². The van der Waals surface area contributed by atoms with E-state index < -0.39 is 0 Å². The maximum absolute atomic E-state index is 11.9. The van der Waals surface area contributed by atoms with Crippen LogP contribution in [-0.2, 0) is 14.1 Å². The molecule has 0 bridgehead atoms. The number of hydrogen-bond acceptors (Lipinski definition) is 3. The molecule has 84 valence electrons. The molecule has 6 heteroatoms. The summed E-state index contributed by atoms with van der Waals surface area (Å²) in [4.78, 5) is 11.9. The highest BCUT2D eigenvalue weighted by Crippen LogP contribution is 2.08. The number of anilines is 1. The fourth-order valence-corrected chi connectivity index (χ4v) is 1.40. The van der Waals surface area contributed by atoms with Gasteiger partial charge in [0.2, 0.25) is 5.95 Å². The van der Waals surface area contributed by atoms with E-state index in [9.17, 15) is 4.79 Å². The van der Waals surface area contributed by atoms with Crippen LogP contribution in [0.4, 0.5) is 5.95 Å². The standard InChI is InChI=1S/C10H13N5O/c1-7-4-5-8(15(7)3)9(16)12-10-13-11-6-14(10)2/h4-6H,1-3H3,(H,12,13,16). The van der Waals surface area contributed by atoms with E-state index in [1.807, 2.05) is 24.6 Å². The molecule has 0 aliphatic heterocycles. The molecule has 0 aliphatic carbocycles. The molecule has 0 spiro atoms. The summed E-state index contributed by atoms with van der Waals surface area (Å²) in [5.74, 6) is 0.246. The van der Waals surface area contributed by atoms with Crippen LogP contribution in [0, 0.1) is 6.92 Å². The molecule has 0 saturated heterocycles. The van der Waals surface area contributed by atoms with E-state index in [0.29, 0.717) is 11.6 Å². The van der Waals surface area contributed by atoms with Crippen molar-refractivity contribution in [1.82, 2.24) is 19.3 Å². The zero-order valence-electron chi connectivity index (χ0n) is 9.43. The summed E-state index contributed by atoms with van der Waals surface area (Å²) in [5.41, 5.74) is 1.63. The van der Waals surface area contributed by atoms with Crippen LogP contribution in [0.2, 0.25) is 0 Å².